The van der Waals surface area contributed by atoms with E-state index in [2.05, 4.69) is 30.1 Å². The largest absolute Gasteiger partial charge is 0.370 e. The van der Waals surface area contributed by atoms with Crippen molar-refractivity contribution in [1.82, 2.24) is 30.2 Å². The predicted octanol–water partition coefficient (Wildman–Crippen LogP) is 1.53. The number of aromatic nitrogens is 4. The quantitative estimate of drug-likeness (QED) is 0.643. The second-order valence-corrected chi connectivity index (χ2v) is 8.52. The Morgan fingerprint density at radius 3 is 2.72 bits per heavy atom. The molecule has 1 atom stereocenters. The highest BCUT2D eigenvalue weighted by Gasteiger charge is 2.32. The van der Waals surface area contributed by atoms with Gasteiger partial charge in [-0.05, 0) is 44.0 Å². The van der Waals surface area contributed by atoms with Gasteiger partial charge in [0.2, 0.25) is 0 Å². The number of anilines is 1. The topological polar surface area (TPSA) is 107 Å². The molecule has 3 aromatic heterocycles. The van der Waals surface area contributed by atoms with Crippen LogP contribution in [-0.4, -0.2) is 70.0 Å². The second-order valence-electron chi connectivity index (χ2n) is 8.52. The maximum atomic E-state index is 12.4. The van der Waals surface area contributed by atoms with Crippen LogP contribution in [0.4, 0.5) is 5.69 Å². The number of H-pyrrole nitrogens is 1. The van der Waals surface area contributed by atoms with Crippen molar-refractivity contribution in [3.8, 4) is 0 Å². The predicted molar refractivity (Wildman–Crippen MR) is 122 cm³/mol. The van der Waals surface area contributed by atoms with Crippen molar-refractivity contribution in [1.29, 1.82) is 0 Å². The van der Waals surface area contributed by atoms with Crippen molar-refractivity contribution in [3.63, 3.8) is 0 Å². The Balaban J connectivity index is 1.20. The minimum absolute atomic E-state index is 0.110. The number of piperidine rings is 1. The molecule has 0 aromatic carbocycles. The number of carbonyl (C=O) groups is 1. The maximum Gasteiger partial charge on any atom is 0.269 e. The van der Waals surface area contributed by atoms with E-state index in [1.165, 1.54) is 0 Å². The molecule has 0 spiro atoms. The average molecular weight is 434 g/mol. The summed E-state index contributed by atoms with van der Waals surface area (Å²) < 4.78 is 0. The van der Waals surface area contributed by atoms with Crippen LogP contribution in [0.3, 0.4) is 0 Å². The van der Waals surface area contributed by atoms with Crippen LogP contribution in [0.5, 0.6) is 0 Å². The van der Waals surface area contributed by atoms with Gasteiger partial charge >= 0.3 is 0 Å². The van der Waals surface area contributed by atoms with Crippen LogP contribution in [-0.2, 0) is 0 Å². The third-order valence-electron chi connectivity index (χ3n) is 6.69. The zero-order valence-corrected chi connectivity index (χ0v) is 18.1. The van der Waals surface area contributed by atoms with E-state index >= 15 is 0 Å². The summed E-state index contributed by atoms with van der Waals surface area (Å²) in [5.74, 6) is 0.869. The molecule has 3 aromatic rings. The van der Waals surface area contributed by atoms with Gasteiger partial charge in [-0.2, -0.15) is 0 Å². The third-order valence-corrected chi connectivity index (χ3v) is 6.69. The number of rotatable bonds is 4. The third kappa shape index (κ3) is 3.95. The van der Waals surface area contributed by atoms with Crippen LogP contribution >= 0.6 is 0 Å². The zero-order chi connectivity index (χ0) is 22.1. The van der Waals surface area contributed by atoms with Crippen molar-refractivity contribution in [3.05, 3.63) is 58.7 Å². The molecule has 2 aliphatic heterocycles. The molecule has 0 radical (unpaired) electrons. The number of nitrogens with one attached hydrogen (secondary N) is 2. The molecule has 0 saturated carbocycles. The van der Waals surface area contributed by atoms with E-state index in [1.807, 2.05) is 6.07 Å². The molecular formula is C23H27N7O2. The lowest BCUT2D eigenvalue weighted by molar-refractivity contribution is 0.0958. The van der Waals surface area contributed by atoms with Gasteiger partial charge in [0.05, 0.1) is 22.8 Å². The van der Waals surface area contributed by atoms with Gasteiger partial charge in [0.1, 0.15) is 11.5 Å². The van der Waals surface area contributed by atoms with E-state index in [-0.39, 0.29) is 17.4 Å². The Bertz CT molecular complexity index is 1170. The van der Waals surface area contributed by atoms with Crippen molar-refractivity contribution >= 4 is 22.5 Å². The van der Waals surface area contributed by atoms with E-state index in [0.29, 0.717) is 22.6 Å². The van der Waals surface area contributed by atoms with Crippen LogP contribution in [0.15, 0.2) is 41.6 Å². The van der Waals surface area contributed by atoms with Crippen LogP contribution in [0.25, 0.3) is 10.9 Å². The molecule has 32 heavy (non-hydrogen) atoms. The number of hydrogen-bond donors (Lipinski definition) is 2. The molecule has 9 heteroatoms. The fourth-order valence-electron chi connectivity index (χ4n) is 4.86. The molecule has 1 unspecified atom stereocenters. The summed E-state index contributed by atoms with van der Waals surface area (Å²) in [6, 6.07) is 6.08. The van der Waals surface area contributed by atoms with Gasteiger partial charge in [-0.15, -0.1) is 0 Å². The lowest BCUT2D eigenvalue weighted by atomic mass is 10.0. The maximum absolute atomic E-state index is 12.4. The molecule has 9 nitrogen and oxygen atoms in total. The number of aromatic amines is 1. The molecule has 2 N–H and O–H groups in total. The minimum Gasteiger partial charge on any atom is -0.370 e. The van der Waals surface area contributed by atoms with E-state index in [1.54, 1.807) is 37.8 Å². The molecule has 1 amide bonds. The molecule has 2 saturated heterocycles. The van der Waals surface area contributed by atoms with Crippen molar-refractivity contribution in [2.45, 2.75) is 31.2 Å². The van der Waals surface area contributed by atoms with Crippen LogP contribution in [0, 0.1) is 0 Å². The SMILES string of the molecule is CNC(=O)c1ccc(N2CCC(N3CCC(c4nc5ccncc5c(=O)[nH]4)C3)CC2)cn1. The average Bonchev–Trinajstić information content (AvgIpc) is 3.34. The number of hydrogen-bond acceptors (Lipinski definition) is 7. The van der Waals surface area contributed by atoms with Crippen LogP contribution in [0.1, 0.15) is 41.5 Å². The van der Waals surface area contributed by atoms with Gasteiger partial charge in [0.25, 0.3) is 11.5 Å². The lowest BCUT2D eigenvalue weighted by Crippen LogP contribution is -2.44. The monoisotopic (exact) mass is 433 g/mol. The first kappa shape index (κ1) is 20.6. The summed E-state index contributed by atoms with van der Waals surface area (Å²) in [5.41, 5.74) is 2.09. The number of likely N-dealkylation sites (tertiary alicyclic amines) is 1. The summed E-state index contributed by atoms with van der Waals surface area (Å²) in [6.07, 6.45) is 8.20. The first-order valence-corrected chi connectivity index (χ1v) is 11.1. The molecule has 0 bridgehead atoms. The van der Waals surface area contributed by atoms with Gasteiger partial charge in [-0.3, -0.25) is 19.5 Å². The molecule has 2 fully saturated rings. The highest BCUT2D eigenvalue weighted by Crippen LogP contribution is 2.30. The minimum atomic E-state index is -0.169. The smallest absolute Gasteiger partial charge is 0.269 e. The van der Waals surface area contributed by atoms with Gasteiger partial charge in [0.15, 0.2) is 0 Å². The Hall–Kier alpha value is -3.33. The number of fused-ring (bicyclic) bond motifs is 1. The zero-order valence-electron chi connectivity index (χ0n) is 18.1. The van der Waals surface area contributed by atoms with Crippen molar-refractivity contribution < 1.29 is 4.79 Å². The Kier molecular flexibility index (Phi) is 5.57. The Morgan fingerprint density at radius 1 is 1.12 bits per heavy atom. The van der Waals surface area contributed by atoms with Gasteiger partial charge in [-0.25, -0.2) is 9.97 Å². The van der Waals surface area contributed by atoms with Crippen LogP contribution in [0.2, 0.25) is 0 Å². The molecule has 5 heterocycles. The number of carbonyl (C=O) groups excluding carboxylic acids is 1. The summed E-state index contributed by atoms with van der Waals surface area (Å²) in [6.45, 7) is 3.87. The summed E-state index contributed by atoms with van der Waals surface area (Å²) >= 11 is 0. The molecular weight excluding hydrogens is 406 g/mol. The second kappa shape index (κ2) is 8.66. The van der Waals surface area contributed by atoms with Gasteiger partial charge < -0.3 is 15.2 Å². The van der Waals surface area contributed by atoms with Gasteiger partial charge in [-0.1, -0.05) is 0 Å². The number of nitrogens with zero attached hydrogens (tertiary/aromatic N) is 5. The van der Waals surface area contributed by atoms with Crippen LogP contribution < -0.4 is 15.8 Å². The summed E-state index contributed by atoms with van der Waals surface area (Å²) in [5, 5.41) is 3.14. The van der Waals surface area contributed by atoms with E-state index in [4.69, 9.17) is 4.98 Å². The highest BCUT2D eigenvalue weighted by molar-refractivity contribution is 5.92. The fraction of sp³-hybridized carbons (Fsp3) is 0.435. The standard InChI is InChI=1S/C23H27N7O2/c1-24-23(32)20-3-2-17(12-26-20)29-10-6-16(7-11-29)30-9-5-15(14-30)21-27-19-4-8-25-13-18(19)22(31)28-21/h2-4,8,12-13,15-16H,5-7,9-11,14H2,1H3,(H,24,32)(H,27,28,31). The van der Waals surface area contributed by atoms with Crippen molar-refractivity contribution in [2.24, 2.45) is 0 Å². The molecule has 2 aliphatic rings. The fourth-order valence-corrected chi connectivity index (χ4v) is 4.86. The lowest BCUT2D eigenvalue weighted by Gasteiger charge is -2.37. The number of pyridine rings is 2. The number of amides is 1. The molecule has 166 valence electrons. The molecule has 5 rings (SSSR count). The van der Waals surface area contributed by atoms with Gasteiger partial charge in [0, 0.05) is 51.0 Å². The first-order valence-electron chi connectivity index (χ1n) is 11.1. The highest BCUT2D eigenvalue weighted by atomic mass is 16.1. The van der Waals surface area contributed by atoms with Crippen molar-refractivity contribution in [2.75, 3.05) is 38.1 Å². The van der Waals surface area contributed by atoms with E-state index in [0.717, 1.165) is 57.0 Å². The molecule has 0 aliphatic carbocycles. The summed E-state index contributed by atoms with van der Waals surface area (Å²) in [7, 11) is 1.61. The Morgan fingerprint density at radius 2 is 1.97 bits per heavy atom. The first-order chi connectivity index (χ1) is 15.6. The summed E-state index contributed by atoms with van der Waals surface area (Å²) in [4.78, 5) is 45.0. The normalized spacial score (nSPS) is 20.0. The van der Waals surface area contributed by atoms with E-state index in [9.17, 15) is 9.59 Å². The Labute approximate surface area is 185 Å². The van der Waals surface area contributed by atoms with E-state index < -0.39 is 0 Å².